The average molecular weight is 211 g/mol. The van der Waals surface area contributed by atoms with E-state index in [2.05, 4.69) is 11.9 Å². The number of esters is 1. The summed E-state index contributed by atoms with van der Waals surface area (Å²) in [4.78, 5) is 11.2. The molecule has 0 amide bonds. The number of hydrogen-bond acceptors (Lipinski definition) is 3. The lowest BCUT2D eigenvalue weighted by atomic mass is 9.83. The zero-order valence-corrected chi connectivity index (χ0v) is 9.50. The van der Waals surface area contributed by atoms with E-state index >= 15 is 0 Å². The minimum absolute atomic E-state index is 0.0705. The van der Waals surface area contributed by atoms with Gasteiger partial charge in [-0.25, -0.2) is 0 Å². The van der Waals surface area contributed by atoms with Crippen LogP contribution in [-0.2, 0) is 9.53 Å². The number of hydrogen-bond donors (Lipinski definition) is 1. The summed E-state index contributed by atoms with van der Waals surface area (Å²) in [6.07, 6.45) is 4.61. The number of nitrogens with one attached hydrogen (secondary N) is 1. The van der Waals surface area contributed by atoms with E-state index in [0.717, 1.165) is 25.9 Å². The van der Waals surface area contributed by atoms with Crippen molar-refractivity contribution in [3.05, 3.63) is 12.7 Å². The van der Waals surface area contributed by atoms with Crippen LogP contribution in [0, 0.1) is 11.8 Å². The smallest absolute Gasteiger partial charge is 0.305 e. The van der Waals surface area contributed by atoms with E-state index in [0.29, 0.717) is 24.9 Å². The van der Waals surface area contributed by atoms with Crippen molar-refractivity contribution in [3.8, 4) is 0 Å². The Morgan fingerprint density at radius 2 is 2.47 bits per heavy atom. The number of carbonyl (C=O) groups is 1. The molecule has 0 aromatic heterocycles. The van der Waals surface area contributed by atoms with Gasteiger partial charge in [-0.2, -0.15) is 0 Å². The van der Waals surface area contributed by atoms with Crippen LogP contribution in [0.25, 0.3) is 0 Å². The number of ether oxygens (including phenoxy) is 1. The Balaban J connectivity index is 2.29. The molecule has 1 rings (SSSR count). The van der Waals surface area contributed by atoms with Crippen molar-refractivity contribution >= 4 is 5.97 Å². The molecule has 2 unspecified atom stereocenters. The summed E-state index contributed by atoms with van der Waals surface area (Å²) in [6.45, 7) is 8.22. The molecule has 1 heterocycles. The third kappa shape index (κ3) is 4.04. The molecule has 1 saturated heterocycles. The molecular weight excluding hydrogens is 190 g/mol. The predicted octanol–water partition coefficient (Wildman–Crippen LogP) is 1.74. The van der Waals surface area contributed by atoms with Crippen LogP contribution in [0.4, 0.5) is 0 Å². The van der Waals surface area contributed by atoms with Crippen LogP contribution >= 0.6 is 0 Å². The standard InChI is InChI=1S/C12H21NO2/c1-3-10-9-13-8-7-11(10)5-6-12(14)15-4-2/h3,10-11,13H,1,4-9H2,2H3. The first-order chi connectivity index (χ1) is 7.27. The largest absolute Gasteiger partial charge is 0.466 e. The summed E-state index contributed by atoms with van der Waals surface area (Å²) in [5, 5.41) is 3.34. The molecule has 0 spiro atoms. The molecule has 1 aliphatic rings. The zero-order chi connectivity index (χ0) is 11.1. The summed E-state index contributed by atoms with van der Waals surface area (Å²) in [7, 11) is 0. The first-order valence-electron chi connectivity index (χ1n) is 5.76. The molecule has 0 saturated carbocycles. The summed E-state index contributed by atoms with van der Waals surface area (Å²) < 4.78 is 4.92. The second-order valence-corrected chi connectivity index (χ2v) is 4.00. The zero-order valence-electron chi connectivity index (χ0n) is 9.50. The third-order valence-corrected chi connectivity index (χ3v) is 3.00. The van der Waals surface area contributed by atoms with Gasteiger partial charge in [-0.1, -0.05) is 6.08 Å². The fourth-order valence-corrected chi connectivity index (χ4v) is 2.11. The lowest BCUT2D eigenvalue weighted by Gasteiger charge is -2.29. The van der Waals surface area contributed by atoms with E-state index in [4.69, 9.17) is 4.74 Å². The fraction of sp³-hybridized carbons (Fsp3) is 0.750. The second-order valence-electron chi connectivity index (χ2n) is 4.00. The van der Waals surface area contributed by atoms with Gasteiger partial charge < -0.3 is 10.1 Å². The maximum Gasteiger partial charge on any atom is 0.305 e. The van der Waals surface area contributed by atoms with E-state index in [9.17, 15) is 4.79 Å². The van der Waals surface area contributed by atoms with Crippen LogP contribution < -0.4 is 5.32 Å². The van der Waals surface area contributed by atoms with Crippen LogP contribution in [0.2, 0.25) is 0 Å². The molecule has 1 aliphatic heterocycles. The van der Waals surface area contributed by atoms with E-state index in [1.54, 1.807) is 0 Å². The maximum atomic E-state index is 11.2. The van der Waals surface area contributed by atoms with Crippen molar-refractivity contribution in [1.29, 1.82) is 0 Å². The summed E-state index contributed by atoms with van der Waals surface area (Å²) in [5.41, 5.74) is 0. The molecule has 3 heteroatoms. The van der Waals surface area contributed by atoms with Gasteiger partial charge in [-0.3, -0.25) is 4.79 Å². The van der Waals surface area contributed by atoms with Gasteiger partial charge in [0.25, 0.3) is 0 Å². The lowest BCUT2D eigenvalue weighted by Crippen LogP contribution is -2.35. The van der Waals surface area contributed by atoms with Gasteiger partial charge in [0, 0.05) is 13.0 Å². The topological polar surface area (TPSA) is 38.3 Å². The first kappa shape index (κ1) is 12.2. The number of carbonyl (C=O) groups excluding carboxylic acids is 1. The van der Waals surface area contributed by atoms with Gasteiger partial charge in [0.15, 0.2) is 0 Å². The quantitative estimate of drug-likeness (QED) is 0.556. The molecule has 2 atom stereocenters. The van der Waals surface area contributed by atoms with Gasteiger partial charge in [-0.15, -0.1) is 6.58 Å². The Kier molecular flexibility index (Phi) is 5.40. The van der Waals surface area contributed by atoms with Gasteiger partial charge in [0.1, 0.15) is 0 Å². The number of piperidine rings is 1. The molecule has 3 nitrogen and oxygen atoms in total. The Morgan fingerprint density at radius 1 is 1.67 bits per heavy atom. The third-order valence-electron chi connectivity index (χ3n) is 3.00. The Labute approximate surface area is 91.9 Å². The normalized spacial score (nSPS) is 25.9. The lowest BCUT2D eigenvalue weighted by molar-refractivity contribution is -0.143. The van der Waals surface area contributed by atoms with E-state index < -0.39 is 0 Å². The molecule has 15 heavy (non-hydrogen) atoms. The van der Waals surface area contributed by atoms with Crippen LogP contribution in [-0.4, -0.2) is 25.7 Å². The van der Waals surface area contributed by atoms with Crippen molar-refractivity contribution < 1.29 is 9.53 Å². The van der Waals surface area contributed by atoms with Crippen LogP contribution in [0.5, 0.6) is 0 Å². The fourth-order valence-electron chi connectivity index (χ4n) is 2.11. The predicted molar refractivity (Wildman–Crippen MR) is 60.5 cm³/mol. The minimum Gasteiger partial charge on any atom is -0.466 e. The highest BCUT2D eigenvalue weighted by Gasteiger charge is 2.22. The van der Waals surface area contributed by atoms with Crippen molar-refractivity contribution in [2.45, 2.75) is 26.2 Å². The molecule has 0 radical (unpaired) electrons. The molecule has 0 aromatic rings. The van der Waals surface area contributed by atoms with E-state index in [1.165, 1.54) is 0 Å². The molecule has 0 aromatic carbocycles. The summed E-state index contributed by atoms with van der Waals surface area (Å²) >= 11 is 0. The summed E-state index contributed by atoms with van der Waals surface area (Å²) in [5.74, 6) is 1.03. The monoisotopic (exact) mass is 211 g/mol. The first-order valence-corrected chi connectivity index (χ1v) is 5.76. The highest BCUT2D eigenvalue weighted by atomic mass is 16.5. The van der Waals surface area contributed by atoms with Crippen molar-refractivity contribution in [3.63, 3.8) is 0 Å². The minimum atomic E-state index is -0.0705. The van der Waals surface area contributed by atoms with Crippen LogP contribution in [0.1, 0.15) is 26.2 Å². The molecule has 0 bridgehead atoms. The summed E-state index contributed by atoms with van der Waals surface area (Å²) in [6, 6.07) is 0. The van der Waals surface area contributed by atoms with Crippen LogP contribution in [0.15, 0.2) is 12.7 Å². The molecule has 86 valence electrons. The Morgan fingerprint density at radius 3 is 3.13 bits per heavy atom. The van der Waals surface area contributed by atoms with Crippen LogP contribution in [0.3, 0.4) is 0 Å². The molecule has 1 N–H and O–H groups in total. The van der Waals surface area contributed by atoms with Gasteiger partial charge in [0.05, 0.1) is 6.61 Å². The Bertz CT molecular complexity index is 216. The average Bonchev–Trinajstić information content (AvgIpc) is 2.27. The highest BCUT2D eigenvalue weighted by molar-refractivity contribution is 5.69. The van der Waals surface area contributed by atoms with E-state index in [1.807, 2.05) is 13.0 Å². The number of rotatable bonds is 5. The molecule has 1 fully saturated rings. The van der Waals surface area contributed by atoms with Crippen molar-refractivity contribution in [2.75, 3.05) is 19.7 Å². The second kappa shape index (κ2) is 6.62. The molecule has 0 aliphatic carbocycles. The van der Waals surface area contributed by atoms with Gasteiger partial charge in [-0.05, 0) is 38.1 Å². The van der Waals surface area contributed by atoms with Gasteiger partial charge in [0.2, 0.25) is 0 Å². The highest BCUT2D eigenvalue weighted by Crippen LogP contribution is 2.24. The Hall–Kier alpha value is -0.830. The SMILES string of the molecule is C=CC1CNCCC1CCC(=O)OCC. The van der Waals surface area contributed by atoms with E-state index in [-0.39, 0.29) is 5.97 Å². The van der Waals surface area contributed by atoms with Gasteiger partial charge >= 0.3 is 5.97 Å². The van der Waals surface area contributed by atoms with Crippen molar-refractivity contribution in [2.24, 2.45) is 11.8 Å². The maximum absolute atomic E-state index is 11.2. The molecular formula is C12H21NO2. The van der Waals surface area contributed by atoms with Crippen molar-refractivity contribution in [1.82, 2.24) is 5.32 Å².